The molecular weight excluding hydrogens is 278 g/mol. The van der Waals surface area contributed by atoms with Gasteiger partial charge in [-0.15, -0.1) is 0 Å². The first-order valence-electron chi connectivity index (χ1n) is 5.42. The molecule has 1 atom stereocenters. The smallest absolute Gasteiger partial charge is 0.137 e. The molecule has 1 aromatic carbocycles. The fourth-order valence-corrected chi connectivity index (χ4v) is 2.61. The number of aliphatic hydroxyl groups is 1. The van der Waals surface area contributed by atoms with Crippen LogP contribution in [0.25, 0.3) is 0 Å². The Kier molecular flexibility index (Phi) is 3.60. The van der Waals surface area contributed by atoms with Gasteiger partial charge < -0.3 is 5.11 Å². The van der Waals surface area contributed by atoms with Crippen molar-refractivity contribution in [2.75, 3.05) is 0 Å². The van der Waals surface area contributed by atoms with Gasteiger partial charge in [-0.2, -0.15) is 0 Å². The van der Waals surface area contributed by atoms with Gasteiger partial charge in [-0.3, -0.25) is 0 Å². The van der Waals surface area contributed by atoms with E-state index in [-0.39, 0.29) is 16.0 Å². The predicted octanol–water partition coefficient (Wildman–Crippen LogP) is 3.95. The number of halogens is 3. The Bertz CT molecular complexity index is 389. The number of hydrogen-bond acceptors (Lipinski definition) is 1. The van der Waals surface area contributed by atoms with E-state index in [2.05, 4.69) is 15.9 Å². The number of aliphatic hydroxyl groups excluding tert-OH is 1. The SMILES string of the molecule is OC(c1cc(F)c(Br)cc1F)C1CCCC1. The summed E-state index contributed by atoms with van der Waals surface area (Å²) in [6.45, 7) is 0. The largest absolute Gasteiger partial charge is 0.388 e. The summed E-state index contributed by atoms with van der Waals surface area (Å²) < 4.78 is 26.9. The minimum absolute atomic E-state index is 0.0649. The van der Waals surface area contributed by atoms with Crippen molar-refractivity contribution in [2.45, 2.75) is 31.8 Å². The molecule has 0 amide bonds. The Balaban J connectivity index is 2.28. The average Bonchev–Trinajstić information content (AvgIpc) is 2.75. The van der Waals surface area contributed by atoms with Gasteiger partial charge in [0.25, 0.3) is 0 Å². The highest BCUT2D eigenvalue weighted by Gasteiger charge is 2.27. The van der Waals surface area contributed by atoms with Crippen molar-refractivity contribution in [3.8, 4) is 0 Å². The molecule has 1 aliphatic rings. The van der Waals surface area contributed by atoms with Crippen LogP contribution in [-0.2, 0) is 0 Å². The van der Waals surface area contributed by atoms with Crippen LogP contribution in [-0.4, -0.2) is 5.11 Å². The van der Waals surface area contributed by atoms with Gasteiger partial charge in [0.1, 0.15) is 11.6 Å². The van der Waals surface area contributed by atoms with E-state index in [1.165, 1.54) is 0 Å². The highest BCUT2D eigenvalue weighted by atomic mass is 79.9. The number of rotatable bonds is 2. The van der Waals surface area contributed by atoms with Crippen LogP contribution >= 0.6 is 15.9 Å². The lowest BCUT2D eigenvalue weighted by molar-refractivity contribution is 0.107. The molecule has 1 nitrogen and oxygen atoms in total. The van der Waals surface area contributed by atoms with E-state index >= 15 is 0 Å². The standard InChI is InChI=1S/C12H13BrF2O/c13-9-6-10(14)8(5-11(9)15)12(16)7-3-1-2-4-7/h5-7,12,16H,1-4H2. The third-order valence-electron chi connectivity index (χ3n) is 3.20. The summed E-state index contributed by atoms with van der Waals surface area (Å²) in [5.41, 5.74) is 0.0765. The quantitative estimate of drug-likeness (QED) is 0.818. The minimum atomic E-state index is -0.884. The molecule has 1 unspecified atom stereocenters. The molecule has 0 heterocycles. The van der Waals surface area contributed by atoms with Gasteiger partial charge in [-0.1, -0.05) is 12.8 Å². The normalized spacial score (nSPS) is 19.0. The summed E-state index contributed by atoms with van der Waals surface area (Å²) >= 11 is 2.92. The predicted molar refractivity (Wildman–Crippen MR) is 61.0 cm³/mol. The highest BCUT2D eigenvalue weighted by molar-refractivity contribution is 9.10. The maximum absolute atomic E-state index is 13.6. The van der Waals surface area contributed by atoms with Gasteiger partial charge in [0.2, 0.25) is 0 Å². The Labute approximate surface area is 102 Å². The highest BCUT2D eigenvalue weighted by Crippen LogP contribution is 2.37. The second-order valence-corrected chi connectivity index (χ2v) is 5.13. The zero-order valence-electron chi connectivity index (χ0n) is 8.72. The average molecular weight is 291 g/mol. The van der Waals surface area contributed by atoms with E-state index in [4.69, 9.17) is 0 Å². The first-order chi connectivity index (χ1) is 7.59. The van der Waals surface area contributed by atoms with Gasteiger partial charge >= 0.3 is 0 Å². The summed E-state index contributed by atoms with van der Waals surface area (Å²) in [6.07, 6.45) is 3.01. The van der Waals surface area contributed by atoms with Gasteiger partial charge in [-0.05, 0) is 46.8 Å². The molecule has 0 aliphatic heterocycles. The molecule has 0 radical (unpaired) electrons. The van der Waals surface area contributed by atoms with Crippen LogP contribution in [0.4, 0.5) is 8.78 Å². The lowest BCUT2D eigenvalue weighted by atomic mass is 9.94. The number of hydrogen-bond donors (Lipinski definition) is 1. The van der Waals surface area contributed by atoms with Crippen LogP contribution in [0.15, 0.2) is 16.6 Å². The topological polar surface area (TPSA) is 20.2 Å². The van der Waals surface area contributed by atoms with Crippen LogP contribution < -0.4 is 0 Å². The van der Waals surface area contributed by atoms with Gasteiger partial charge in [0.05, 0.1) is 10.6 Å². The van der Waals surface area contributed by atoms with Crippen molar-refractivity contribution < 1.29 is 13.9 Å². The van der Waals surface area contributed by atoms with E-state index < -0.39 is 17.7 Å². The van der Waals surface area contributed by atoms with Crippen molar-refractivity contribution in [3.63, 3.8) is 0 Å². The fraction of sp³-hybridized carbons (Fsp3) is 0.500. The molecule has 0 spiro atoms. The summed E-state index contributed by atoms with van der Waals surface area (Å²) in [5.74, 6) is -1.02. The van der Waals surface area contributed by atoms with Crippen LogP contribution in [0.1, 0.15) is 37.4 Å². The lowest BCUT2D eigenvalue weighted by Gasteiger charge is -2.18. The molecule has 88 valence electrons. The van der Waals surface area contributed by atoms with E-state index in [0.717, 1.165) is 37.8 Å². The third-order valence-corrected chi connectivity index (χ3v) is 3.81. The van der Waals surface area contributed by atoms with E-state index in [0.29, 0.717) is 0 Å². The fourth-order valence-electron chi connectivity index (χ4n) is 2.29. The maximum atomic E-state index is 13.6. The first kappa shape index (κ1) is 12.0. The molecule has 0 bridgehead atoms. The van der Waals surface area contributed by atoms with E-state index in [9.17, 15) is 13.9 Å². The molecule has 16 heavy (non-hydrogen) atoms. The van der Waals surface area contributed by atoms with Crippen molar-refractivity contribution in [1.29, 1.82) is 0 Å². The molecule has 1 aliphatic carbocycles. The first-order valence-corrected chi connectivity index (χ1v) is 6.21. The zero-order chi connectivity index (χ0) is 11.7. The molecule has 0 saturated heterocycles. The van der Waals surface area contributed by atoms with Crippen molar-refractivity contribution in [3.05, 3.63) is 33.8 Å². The molecule has 1 saturated carbocycles. The summed E-state index contributed by atoms with van der Waals surface area (Å²) in [7, 11) is 0. The van der Waals surface area contributed by atoms with Crippen molar-refractivity contribution in [1.82, 2.24) is 0 Å². The summed E-state index contributed by atoms with van der Waals surface area (Å²) in [4.78, 5) is 0. The Morgan fingerprint density at radius 1 is 1.19 bits per heavy atom. The Hall–Kier alpha value is -0.480. The van der Waals surface area contributed by atoms with Crippen LogP contribution in [0.5, 0.6) is 0 Å². The van der Waals surface area contributed by atoms with Crippen molar-refractivity contribution >= 4 is 15.9 Å². The second-order valence-electron chi connectivity index (χ2n) is 4.28. The van der Waals surface area contributed by atoms with Crippen LogP contribution in [0.2, 0.25) is 0 Å². The molecule has 1 N–H and O–H groups in total. The minimum Gasteiger partial charge on any atom is -0.388 e. The second kappa shape index (κ2) is 4.80. The molecular formula is C12H13BrF2O. The lowest BCUT2D eigenvalue weighted by Crippen LogP contribution is -2.11. The monoisotopic (exact) mass is 290 g/mol. The molecule has 1 fully saturated rings. The van der Waals surface area contributed by atoms with Crippen molar-refractivity contribution in [2.24, 2.45) is 5.92 Å². The molecule has 4 heteroatoms. The third kappa shape index (κ3) is 2.28. The Morgan fingerprint density at radius 3 is 2.44 bits per heavy atom. The Morgan fingerprint density at radius 2 is 1.81 bits per heavy atom. The van der Waals surface area contributed by atoms with Gasteiger partial charge in [0, 0.05) is 5.56 Å². The summed E-state index contributed by atoms with van der Waals surface area (Å²) in [6, 6.07) is 2.16. The van der Waals surface area contributed by atoms with Gasteiger partial charge in [0.15, 0.2) is 0 Å². The molecule has 0 aromatic heterocycles. The van der Waals surface area contributed by atoms with E-state index in [1.807, 2.05) is 0 Å². The number of benzene rings is 1. The zero-order valence-corrected chi connectivity index (χ0v) is 10.3. The van der Waals surface area contributed by atoms with Crippen LogP contribution in [0.3, 0.4) is 0 Å². The summed E-state index contributed by atoms with van der Waals surface area (Å²) in [5, 5.41) is 9.99. The molecule has 1 aromatic rings. The maximum Gasteiger partial charge on any atom is 0.137 e. The van der Waals surface area contributed by atoms with E-state index in [1.54, 1.807) is 0 Å². The van der Waals surface area contributed by atoms with Crippen LogP contribution in [0, 0.1) is 17.6 Å². The molecule has 2 rings (SSSR count). The van der Waals surface area contributed by atoms with Gasteiger partial charge in [-0.25, -0.2) is 8.78 Å².